The van der Waals surface area contributed by atoms with Gasteiger partial charge in [0.1, 0.15) is 0 Å². The van der Waals surface area contributed by atoms with Crippen molar-refractivity contribution in [3.05, 3.63) is 29.6 Å². The van der Waals surface area contributed by atoms with E-state index in [0.29, 0.717) is 0 Å². The van der Waals surface area contributed by atoms with Crippen LogP contribution in [0.1, 0.15) is 30.9 Å². The summed E-state index contributed by atoms with van der Waals surface area (Å²) in [6, 6.07) is 4.25. The standard InChI is InChI=1S/C11H14FNO/c12-9-4-3-8(6-11(9)14)10(13)5-7-1-2-7/h3-4,6-7,10,14H,1-2,5,13H2/t10-/m0/s1. The molecule has 1 saturated carbocycles. The van der Waals surface area contributed by atoms with Gasteiger partial charge in [0, 0.05) is 6.04 Å². The van der Waals surface area contributed by atoms with E-state index in [-0.39, 0.29) is 11.8 Å². The molecular weight excluding hydrogens is 181 g/mol. The summed E-state index contributed by atoms with van der Waals surface area (Å²) in [5.41, 5.74) is 6.74. The Morgan fingerprint density at radius 2 is 2.21 bits per heavy atom. The van der Waals surface area contributed by atoms with E-state index >= 15 is 0 Å². The van der Waals surface area contributed by atoms with Gasteiger partial charge in [-0.15, -0.1) is 0 Å². The molecule has 1 atom stereocenters. The molecule has 0 amide bonds. The monoisotopic (exact) mass is 195 g/mol. The quantitative estimate of drug-likeness (QED) is 0.777. The van der Waals surface area contributed by atoms with Gasteiger partial charge in [-0.2, -0.15) is 0 Å². The van der Waals surface area contributed by atoms with E-state index in [2.05, 4.69) is 0 Å². The molecule has 0 saturated heterocycles. The van der Waals surface area contributed by atoms with Gasteiger partial charge < -0.3 is 10.8 Å². The summed E-state index contributed by atoms with van der Waals surface area (Å²) in [5, 5.41) is 9.17. The van der Waals surface area contributed by atoms with Crippen molar-refractivity contribution in [2.45, 2.75) is 25.3 Å². The number of phenolic OH excluding ortho intramolecular Hbond substituents is 1. The van der Waals surface area contributed by atoms with Crippen molar-refractivity contribution in [3.63, 3.8) is 0 Å². The summed E-state index contributed by atoms with van der Waals surface area (Å²) in [5.74, 6) is -0.168. The second-order valence-corrected chi connectivity index (χ2v) is 4.00. The minimum atomic E-state index is -0.590. The molecule has 1 fully saturated rings. The van der Waals surface area contributed by atoms with Gasteiger partial charge in [0.15, 0.2) is 11.6 Å². The molecule has 0 spiro atoms. The Kier molecular flexibility index (Phi) is 2.42. The molecule has 1 aliphatic carbocycles. The van der Waals surface area contributed by atoms with E-state index in [1.165, 1.54) is 25.0 Å². The molecule has 0 radical (unpaired) electrons. The van der Waals surface area contributed by atoms with Crippen molar-refractivity contribution < 1.29 is 9.50 Å². The average molecular weight is 195 g/mol. The third kappa shape index (κ3) is 2.04. The first-order valence-electron chi connectivity index (χ1n) is 4.91. The van der Waals surface area contributed by atoms with Gasteiger partial charge in [-0.05, 0) is 30.0 Å². The van der Waals surface area contributed by atoms with Crippen LogP contribution in [0.25, 0.3) is 0 Å². The lowest BCUT2D eigenvalue weighted by Gasteiger charge is -2.11. The molecule has 2 nitrogen and oxygen atoms in total. The van der Waals surface area contributed by atoms with Gasteiger partial charge >= 0.3 is 0 Å². The summed E-state index contributed by atoms with van der Waals surface area (Å²) < 4.78 is 12.7. The summed E-state index contributed by atoms with van der Waals surface area (Å²) in [6.07, 6.45) is 3.44. The van der Waals surface area contributed by atoms with E-state index in [9.17, 15) is 4.39 Å². The van der Waals surface area contributed by atoms with Crippen LogP contribution in [0.4, 0.5) is 4.39 Å². The van der Waals surface area contributed by atoms with Crippen molar-refractivity contribution >= 4 is 0 Å². The molecule has 1 aromatic rings. The van der Waals surface area contributed by atoms with Gasteiger partial charge in [-0.25, -0.2) is 4.39 Å². The molecule has 0 unspecified atom stereocenters. The zero-order valence-electron chi connectivity index (χ0n) is 7.91. The number of phenols is 1. The lowest BCUT2D eigenvalue weighted by molar-refractivity contribution is 0.430. The van der Waals surface area contributed by atoms with E-state index < -0.39 is 5.82 Å². The first-order chi connectivity index (χ1) is 6.66. The summed E-state index contributed by atoms with van der Waals surface area (Å²) in [4.78, 5) is 0. The molecule has 1 aliphatic rings. The molecule has 1 aromatic carbocycles. The molecular formula is C11H14FNO. The van der Waals surface area contributed by atoms with Crippen molar-refractivity contribution in [2.24, 2.45) is 11.7 Å². The summed E-state index contributed by atoms with van der Waals surface area (Å²) in [7, 11) is 0. The van der Waals surface area contributed by atoms with Gasteiger partial charge in [0.25, 0.3) is 0 Å². The zero-order valence-corrected chi connectivity index (χ0v) is 7.91. The fourth-order valence-corrected chi connectivity index (χ4v) is 1.61. The maximum absolute atomic E-state index is 12.7. The van der Waals surface area contributed by atoms with Crippen molar-refractivity contribution in [3.8, 4) is 5.75 Å². The highest BCUT2D eigenvalue weighted by Gasteiger charge is 2.24. The number of rotatable bonds is 3. The first-order valence-corrected chi connectivity index (χ1v) is 4.91. The molecule has 0 bridgehead atoms. The van der Waals surface area contributed by atoms with Crippen LogP contribution in [0.3, 0.4) is 0 Å². The second-order valence-electron chi connectivity index (χ2n) is 4.00. The number of hydrogen-bond acceptors (Lipinski definition) is 2. The molecule has 76 valence electrons. The molecule has 2 rings (SSSR count). The predicted octanol–water partition coefficient (Wildman–Crippen LogP) is 2.33. The summed E-state index contributed by atoms with van der Waals surface area (Å²) in [6.45, 7) is 0. The largest absolute Gasteiger partial charge is 0.505 e. The van der Waals surface area contributed by atoms with Crippen LogP contribution in [0.5, 0.6) is 5.75 Å². The SMILES string of the molecule is N[C@@H](CC1CC1)c1ccc(F)c(O)c1. The van der Waals surface area contributed by atoms with Crippen LogP contribution in [-0.4, -0.2) is 5.11 Å². The lowest BCUT2D eigenvalue weighted by Crippen LogP contribution is -2.10. The Bertz CT molecular complexity index is 336. The second kappa shape index (κ2) is 3.58. The van der Waals surface area contributed by atoms with Crippen LogP contribution in [0.15, 0.2) is 18.2 Å². The number of hydrogen-bond donors (Lipinski definition) is 2. The lowest BCUT2D eigenvalue weighted by atomic mass is 10.0. The Balaban J connectivity index is 2.10. The van der Waals surface area contributed by atoms with E-state index in [1.54, 1.807) is 6.07 Å². The maximum atomic E-state index is 12.7. The minimum absolute atomic E-state index is 0.0750. The minimum Gasteiger partial charge on any atom is -0.505 e. The van der Waals surface area contributed by atoms with Crippen LogP contribution < -0.4 is 5.73 Å². The third-order valence-corrected chi connectivity index (χ3v) is 2.68. The number of nitrogens with two attached hydrogens (primary N) is 1. The van der Waals surface area contributed by atoms with E-state index in [1.807, 2.05) is 0 Å². The smallest absolute Gasteiger partial charge is 0.164 e. The summed E-state index contributed by atoms with van der Waals surface area (Å²) >= 11 is 0. The van der Waals surface area contributed by atoms with Crippen molar-refractivity contribution in [1.29, 1.82) is 0 Å². The third-order valence-electron chi connectivity index (χ3n) is 2.68. The fourth-order valence-electron chi connectivity index (χ4n) is 1.61. The highest BCUT2D eigenvalue weighted by atomic mass is 19.1. The van der Waals surface area contributed by atoms with E-state index in [0.717, 1.165) is 17.9 Å². The first kappa shape index (κ1) is 9.46. The van der Waals surface area contributed by atoms with Crippen LogP contribution in [0, 0.1) is 11.7 Å². The van der Waals surface area contributed by atoms with E-state index in [4.69, 9.17) is 10.8 Å². The number of halogens is 1. The highest BCUT2D eigenvalue weighted by molar-refractivity contribution is 5.30. The Hall–Kier alpha value is -1.09. The van der Waals surface area contributed by atoms with Gasteiger partial charge in [0.2, 0.25) is 0 Å². The highest BCUT2D eigenvalue weighted by Crippen LogP contribution is 2.37. The topological polar surface area (TPSA) is 46.2 Å². The Morgan fingerprint density at radius 1 is 1.50 bits per heavy atom. The number of aromatic hydroxyl groups is 1. The number of benzene rings is 1. The van der Waals surface area contributed by atoms with Crippen molar-refractivity contribution in [2.75, 3.05) is 0 Å². The Morgan fingerprint density at radius 3 is 2.79 bits per heavy atom. The zero-order chi connectivity index (χ0) is 10.1. The average Bonchev–Trinajstić information content (AvgIpc) is 2.93. The molecule has 3 N–H and O–H groups in total. The normalized spacial score (nSPS) is 18.1. The Labute approximate surface area is 82.5 Å². The molecule has 0 aliphatic heterocycles. The van der Waals surface area contributed by atoms with Gasteiger partial charge in [-0.1, -0.05) is 18.9 Å². The van der Waals surface area contributed by atoms with Gasteiger partial charge in [-0.3, -0.25) is 0 Å². The van der Waals surface area contributed by atoms with Crippen LogP contribution >= 0.6 is 0 Å². The molecule has 3 heteroatoms. The predicted molar refractivity (Wildman–Crippen MR) is 52.3 cm³/mol. The van der Waals surface area contributed by atoms with Crippen LogP contribution in [0.2, 0.25) is 0 Å². The molecule has 0 heterocycles. The molecule has 14 heavy (non-hydrogen) atoms. The molecule has 0 aromatic heterocycles. The van der Waals surface area contributed by atoms with Gasteiger partial charge in [0.05, 0.1) is 0 Å². The fraction of sp³-hybridized carbons (Fsp3) is 0.455. The van der Waals surface area contributed by atoms with Crippen molar-refractivity contribution in [1.82, 2.24) is 0 Å². The maximum Gasteiger partial charge on any atom is 0.164 e. The van der Waals surface area contributed by atoms with Crippen LogP contribution in [-0.2, 0) is 0 Å².